The number of hydrogen-bond donors (Lipinski definition) is 0. The van der Waals surface area contributed by atoms with Crippen LogP contribution >= 0.6 is 11.8 Å². The molecule has 0 unspecified atom stereocenters. The molecule has 1 aromatic rings. The number of ether oxygens (including phenoxy) is 3. The van der Waals surface area contributed by atoms with Gasteiger partial charge in [0.05, 0.1) is 27.1 Å². The number of carbonyl (C=O) groups is 1. The second-order valence-electron chi connectivity index (χ2n) is 3.88. The number of methoxy groups -OCH3 is 3. The van der Waals surface area contributed by atoms with Gasteiger partial charge in [-0.25, -0.2) is 0 Å². The van der Waals surface area contributed by atoms with Gasteiger partial charge in [-0.1, -0.05) is 6.92 Å². The van der Waals surface area contributed by atoms with Crippen molar-refractivity contribution in [1.29, 1.82) is 0 Å². The highest BCUT2D eigenvalue weighted by atomic mass is 32.2. The fourth-order valence-electron chi connectivity index (χ4n) is 1.66. The van der Waals surface area contributed by atoms with Crippen molar-refractivity contribution >= 4 is 17.5 Å². The zero-order valence-corrected chi connectivity index (χ0v) is 12.6. The molecular weight excluding hydrogens is 264 g/mol. The molecule has 0 aliphatic carbocycles. The molecule has 0 fully saturated rings. The highest BCUT2D eigenvalue weighted by Gasteiger charge is 2.19. The topological polar surface area (TPSA) is 44.8 Å². The van der Waals surface area contributed by atoms with Gasteiger partial charge in [0.1, 0.15) is 22.8 Å². The molecule has 0 heterocycles. The Morgan fingerprint density at radius 2 is 1.68 bits per heavy atom. The monoisotopic (exact) mass is 284 g/mol. The molecule has 0 spiro atoms. The maximum absolute atomic E-state index is 12.3. The summed E-state index contributed by atoms with van der Waals surface area (Å²) in [6, 6.07) is 3.39. The first-order valence-corrected chi connectivity index (χ1v) is 7.24. The lowest BCUT2D eigenvalue weighted by Crippen LogP contribution is -2.08. The number of rotatable bonds is 8. The molecule has 0 aliphatic heterocycles. The predicted molar refractivity (Wildman–Crippen MR) is 78.0 cm³/mol. The molecule has 0 saturated carbocycles. The number of hydrogen-bond acceptors (Lipinski definition) is 5. The Kier molecular flexibility index (Phi) is 6.56. The molecule has 106 valence electrons. The minimum atomic E-state index is 0.00908. The van der Waals surface area contributed by atoms with Gasteiger partial charge >= 0.3 is 0 Å². The van der Waals surface area contributed by atoms with Crippen LogP contribution in [0.15, 0.2) is 12.1 Å². The molecule has 0 bridgehead atoms. The molecule has 1 aromatic carbocycles. The maximum atomic E-state index is 12.3. The molecule has 0 N–H and O–H groups in total. The minimum Gasteiger partial charge on any atom is -0.496 e. The van der Waals surface area contributed by atoms with E-state index in [1.807, 2.05) is 0 Å². The lowest BCUT2D eigenvalue weighted by molar-refractivity contribution is 0.101. The van der Waals surface area contributed by atoms with Gasteiger partial charge in [0.25, 0.3) is 0 Å². The average molecular weight is 284 g/mol. The molecule has 0 atom stereocenters. The van der Waals surface area contributed by atoms with Crippen LogP contribution in [0.1, 0.15) is 23.7 Å². The Hall–Kier alpha value is -1.36. The van der Waals surface area contributed by atoms with Crippen molar-refractivity contribution in [3.8, 4) is 17.2 Å². The van der Waals surface area contributed by atoms with Gasteiger partial charge in [-0.05, 0) is 12.2 Å². The fraction of sp³-hybridized carbons (Fsp3) is 0.500. The molecule has 5 heteroatoms. The van der Waals surface area contributed by atoms with Crippen molar-refractivity contribution in [3.63, 3.8) is 0 Å². The van der Waals surface area contributed by atoms with Gasteiger partial charge in [-0.2, -0.15) is 11.8 Å². The summed E-state index contributed by atoms with van der Waals surface area (Å²) in [6.07, 6.45) is 1.05. The van der Waals surface area contributed by atoms with Gasteiger partial charge in [0.15, 0.2) is 5.78 Å². The Morgan fingerprint density at radius 3 is 2.11 bits per heavy atom. The molecule has 0 saturated heterocycles. The standard InChI is InChI=1S/C14H20O4S/c1-5-6-19-9-11(15)14-12(17-3)7-10(16-2)8-13(14)18-4/h7-8H,5-6,9H2,1-4H3. The maximum Gasteiger partial charge on any atom is 0.180 e. The van der Waals surface area contributed by atoms with Crippen molar-refractivity contribution in [1.82, 2.24) is 0 Å². The van der Waals surface area contributed by atoms with Crippen molar-refractivity contribution in [2.24, 2.45) is 0 Å². The zero-order valence-electron chi connectivity index (χ0n) is 11.8. The van der Waals surface area contributed by atoms with Crippen LogP contribution < -0.4 is 14.2 Å². The lowest BCUT2D eigenvalue weighted by atomic mass is 10.1. The summed E-state index contributed by atoms with van der Waals surface area (Å²) in [4.78, 5) is 12.3. The normalized spacial score (nSPS) is 10.1. The van der Waals surface area contributed by atoms with Crippen molar-refractivity contribution < 1.29 is 19.0 Å². The Labute approximate surface area is 118 Å². The molecule has 0 radical (unpaired) electrons. The van der Waals surface area contributed by atoms with Crippen molar-refractivity contribution in [2.75, 3.05) is 32.8 Å². The highest BCUT2D eigenvalue weighted by Crippen LogP contribution is 2.34. The summed E-state index contributed by atoms with van der Waals surface area (Å²) in [5.74, 6) is 2.97. The van der Waals surface area contributed by atoms with Crippen LogP contribution in [0, 0.1) is 0 Å². The van der Waals surface area contributed by atoms with E-state index < -0.39 is 0 Å². The van der Waals surface area contributed by atoms with E-state index in [4.69, 9.17) is 14.2 Å². The summed E-state index contributed by atoms with van der Waals surface area (Å²) in [6.45, 7) is 2.09. The largest absolute Gasteiger partial charge is 0.496 e. The summed E-state index contributed by atoms with van der Waals surface area (Å²) < 4.78 is 15.7. The summed E-state index contributed by atoms with van der Waals surface area (Å²) >= 11 is 1.61. The van der Waals surface area contributed by atoms with Gasteiger partial charge < -0.3 is 14.2 Å². The van der Waals surface area contributed by atoms with Crippen molar-refractivity contribution in [3.05, 3.63) is 17.7 Å². The Morgan fingerprint density at radius 1 is 1.11 bits per heavy atom. The van der Waals surface area contributed by atoms with Gasteiger partial charge in [0.2, 0.25) is 0 Å². The van der Waals surface area contributed by atoms with Crippen LogP contribution in [0.3, 0.4) is 0 Å². The first kappa shape index (κ1) is 15.7. The molecule has 19 heavy (non-hydrogen) atoms. The van der Waals surface area contributed by atoms with E-state index in [0.717, 1.165) is 12.2 Å². The number of benzene rings is 1. The van der Waals surface area contributed by atoms with E-state index in [-0.39, 0.29) is 5.78 Å². The average Bonchev–Trinajstić information content (AvgIpc) is 2.45. The molecule has 0 aliphatic rings. The summed E-state index contributed by atoms with van der Waals surface area (Å²) in [5, 5.41) is 0. The van der Waals surface area contributed by atoms with Crippen LogP contribution in [0.4, 0.5) is 0 Å². The van der Waals surface area contributed by atoms with E-state index >= 15 is 0 Å². The van der Waals surface area contributed by atoms with E-state index in [1.165, 1.54) is 14.2 Å². The molecule has 1 rings (SSSR count). The molecule has 0 amide bonds. The van der Waals surface area contributed by atoms with E-state index in [0.29, 0.717) is 28.6 Å². The summed E-state index contributed by atoms with van der Waals surface area (Å²) in [5.41, 5.74) is 0.481. The van der Waals surface area contributed by atoms with Crippen LogP contribution in [-0.2, 0) is 0 Å². The van der Waals surface area contributed by atoms with Crippen LogP contribution in [0.25, 0.3) is 0 Å². The number of ketones is 1. The Balaban J connectivity index is 3.05. The number of thioether (sulfide) groups is 1. The van der Waals surface area contributed by atoms with Gasteiger partial charge in [0, 0.05) is 12.1 Å². The fourth-order valence-corrected chi connectivity index (χ4v) is 2.42. The van der Waals surface area contributed by atoms with Crippen LogP contribution in [0.2, 0.25) is 0 Å². The van der Waals surface area contributed by atoms with Crippen LogP contribution in [-0.4, -0.2) is 38.6 Å². The highest BCUT2D eigenvalue weighted by molar-refractivity contribution is 7.99. The third-order valence-electron chi connectivity index (χ3n) is 2.58. The molecule has 4 nitrogen and oxygen atoms in total. The predicted octanol–water partition coefficient (Wildman–Crippen LogP) is 3.04. The van der Waals surface area contributed by atoms with Crippen LogP contribution in [0.5, 0.6) is 17.2 Å². The summed E-state index contributed by atoms with van der Waals surface area (Å²) in [7, 11) is 4.63. The SMILES string of the molecule is CCCSCC(=O)c1c(OC)cc(OC)cc1OC. The minimum absolute atomic E-state index is 0.00908. The first-order chi connectivity index (χ1) is 9.17. The van der Waals surface area contributed by atoms with E-state index in [9.17, 15) is 4.79 Å². The number of Topliss-reactive ketones (excluding diaryl/α,β-unsaturated/α-hetero) is 1. The third-order valence-corrected chi connectivity index (χ3v) is 3.74. The Bertz CT molecular complexity index is 406. The van der Waals surface area contributed by atoms with Gasteiger partial charge in [-0.3, -0.25) is 4.79 Å². The van der Waals surface area contributed by atoms with E-state index in [1.54, 1.807) is 31.0 Å². The quantitative estimate of drug-likeness (QED) is 0.542. The second-order valence-corrected chi connectivity index (χ2v) is 4.99. The smallest absolute Gasteiger partial charge is 0.180 e. The zero-order chi connectivity index (χ0) is 14.3. The first-order valence-electron chi connectivity index (χ1n) is 6.08. The van der Waals surface area contributed by atoms with Crippen molar-refractivity contribution in [2.45, 2.75) is 13.3 Å². The lowest BCUT2D eigenvalue weighted by Gasteiger charge is -2.14. The molecular formula is C14H20O4S. The third kappa shape index (κ3) is 4.06. The van der Waals surface area contributed by atoms with Gasteiger partial charge in [-0.15, -0.1) is 0 Å². The van der Waals surface area contributed by atoms with E-state index in [2.05, 4.69) is 6.92 Å². The molecule has 0 aromatic heterocycles. The second kappa shape index (κ2) is 7.94. The number of carbonyl (C=O) groups excluding carboxylic acids is 1.